The number of para-hydroxylation sites is 1. The largest absolute Gasteiger partial charge is 0.437 e. The average Bonchev–Trinajstić information content (AvgIpc) is 2.57. The molecule has 0 unspecified atom stereocenters. The van der Waals surface area contributed by atoms with Crippen molar-refractivity contribution in [3.63, 3.8) is 0 Å². The molecule has 1 aromatic heterocycles. The van der Waals surface area contributed by atoms with Gasteiger partial charge in [0.05, 0.1) is 10.7 Å². The van der Waals surface area contributed by atoms with Crippen LogP contribution in [0.1, 0.15) is 11.3 Å². The van der Waals surface area contributed by atoms with Gasteiger partial charge in [0.1, 0.15) is 17.1 Å². The molecule has 1 aromatic carbocycles. The number of nitrogens with two attached hydrogens (primary N) is 1. The standard InChI is InChI=1S/C12H13ClN4O/c1-7-10(11(14)15)12(17(2)16-7)18-9-6-4-3-5-8(9)13/h3-6H,1-2H3,(H3,14,15). The van der Waals surface area contributed by atoms with E-state index >= 15 is 0 Å². The van der Waals surface area contributed by atoms with Gasteiger partial charge < -0.3 is 10.5 Å². The van der Waals surface area contributed by atoms with Crippen molar-refractivity contribution in [1.82, 2.24) is 9.78 Å². The van der Waals surface area contributed by atoms with E-state index in [1.165, 1.54) is 4.68 Å². The molecule has 0 atom stereocenters. The average molecular weight is 265 g/mol. The summed E-state index contributed by atoms with van der Waals surface area (Å²) < 4.78 is 7.24. The number of halogens is 1. The summed E-state index contributed by atoms with van der Waals surface area (Å²) in [5.41, 5.74) is 6.67. The van der Waals surface area contributed by atoms with E-state index in [4.69, 9.17) is 27.5 Å². The van der Waals surface area contributed by atoms with E-state index in [1.807, 2.05) is 12.1 Å². The van der Waals surface area contributed by atoms with E-state index in [0.29, 0.717) is 27.9 Å². The van der Waals surface area contributed by atoms with Gasteiger partial charge in [0.15, 0.2) is 0 Å². The molecule has 2 aromatic rings. The van der Waals surface area contributed by atoms with Gasteiger partial charge in [0.2, 0.25) is 5.88 Å². The predicted octanol–water partition coefficient (Wildman–Crippen LogP) is 2.46. The van der Waals surface area contributed by atoms with Crippen molar-refractivity contribution in [3.8, 4) is 11.6 Å². The summed E-state index contributed by atoms with van der Waals surface area (Å²) in [6.45, 7) is 1.77. The second-order valence-electron chi connectivity index (χ2n) is 3.84. The van der Waals surface area contributed by atoms with E-state index in [-0.39, 0.29) is 5.84 Å². The Hall–Kier alpha value is -2.01. The van der Waals surface area contributed by atoms with E-state index < -0.39 is 0 Å². The van der Waals surface area contributed by atoms with Gasteiger partial charge in [0.25, 0.3) is 0 Å². The molecule has 0 saturated heterocycles. The first-order valence-corrected chi connectivity index (χ1v) is 5.69. The highest BCUT2D eigenvalue weighted by atomic mass is 35.5. The van der Waals surface area contributed by atoms with Gasteiger partial charge in [-0.05, 0) is 19.1 Å². The van der Waals surface area contributed by atoms with Crippen molar-refractivity contribution < 1.29 is 4.74 Å². The first-order valence-electron chi connectivity index (χ1n) is 5.31. The lowest BCUT2D eigenvalue weighted by Crippen LogP contribution is -2.13. The van der Waals surface area contributed by atoms with Crippen molar-refractivity contribution in [2.75, 3.05) is 0 Å². The van der Waals surface area contributed by atoms with Crippen molar-refractivity contribution >= 4 is 17.4 Å². The van der Waals surface area contributed by atoms with E-state index in [2.05, 4.69) is 5.10 Å². The molecule has 1 heterocycles. The number of hydrogen-bond donors (Lipinski definition) is 2. The Morgan fingerprint density at radius 2 is 2.11 bits per heavy atom. The van der Waals surface area contributed by atoms with Crippen LogP contribution in [-0.2, 0) is 7.05 Å². The van der Waals surface area contributed by atoms with Gasteiger partial charge >= 0.3 is 0 Å². The molecule has 0 aliphatic carbocycles. The number of rotatable bonds is 3. The van der Waals surface area contributed by atoms with Crippen molar-refractivity contribution in [2.24, 2.45) is 12.8 Å². The van der Waals surface area contributed by atoms with Gasteiger partial charge in [-0.1, -0.05) is 23.7 Å². The number of aromatic nitrogens is 2. The molecule has 0 fully saturated rings. The monoisotopic (exact) mass is 264 g/mol. The number of aryl methyl sites for hydroxylation is 2. The molecule has 0 radical (unpaired) electrons. The number of benzene rings is 1. The van der Waals surface area contributed by atoms with Crippen LogP contribution in [0.5, 0.6) is 11.6 Å². The lowest BCUT2D eigenvalue weighted by molar-refractivity contribution is 0.430. The van der Waals surface area contributed by atoms with Crippen molar-refractivity contribution in [3.05, 3.63) is 40.5 Å². The predicted molar refractivity (Wildman–Crippen MR) is 70.5 cm³/mol. The molecule has 0 aliphatic heterocycles. The minimum atomic E-state index is -0.0809. The summed E-state index contributed by atoms with van der Waals surface area (Å²) in [7, 11) is 1.73. The van der Waals surface area contributed by atoms with E-state index in [1.54, 1.807) is 26.1 Å². The molecule has 18 heavy (non-hydrogen) atoms. The van der Waals surface area contributed by atoms with Crippen LogP contribution in [0.25, 0.3) is 0 Å². The third kappa shape index (κ3) is 2.17. The maximum absolute atomic E-state index is 7.56. The number of ether oxygens (including phenoxy) is 1. The molecule has 2 rings (SSSR count). The fourth-order valence-electron chi connectivity index (χ4n) is 1.70. The zero-order chi connectivity index (χ0) is 13.3. The number of hydrogen-bond acceptors (Lipinski definition) is 3. The van der Waals surface area contributed by atoms with Crippen LogP contribution >= 0.6 is 11.6 Å². The minimum Gasteiger partial charge on any atom is -0.437 e. The number of nitrogens with zero attached hydrogens (tertiary/aromatic N) is 2. The molecular formula is C12H13ClN4O. The van der Waals surface area contributed by atoms with Gasteiger partial charge in [0, 0.05) is 7.05 Å². The van der Waals surface area contributed by atoms with Gasteiger partial charge in [-0.25, -0.2) is 4.68 Å². The molecule has 5 nitrogen and oxygen atoms in total. The molecular weight excluding hydrogens is 252 g/mol. The number of nitrogen functional groups attached to an aromatic ring is 1. The normalized spacial score (nSPS) is 10.4. The van der Waals surface area contributed by atoms with Crippen molar-refractivity contribution in [1.29, 1.82) is 5.41 Å². The van der Waals surface area contributed by atoms with Gasteiger partial charge in [-0.3, -0.25) is 5.41 Å². The highest BCUT2D eigenvalue weighted by Crippen LogP contribution is 2.31. The fourth-order valence-corrected chi connectivity index (χ4v) is 1.87. The summed E-state index contributed by atoms with van der Waals surface area (Å²) in [6, 6.07) is 7.11. The minimum absolute atomic E-state index is 0.0809. The Kier molecular flexibility index (Phi) is 3.25. The van der Waals surface area contributed by atoms with Crippen LogP contribution in [0.4, 0.5) is 0 Å². The first-order chi connectivity index (χ1) is 8.50. The summed E-state index contributed by atoms with van der Waals surface area (Å²) in [5, 5.41) is 12.2. The van der Waals surface area contributed by atoms with Crippen LogP contribution < -0.4 is 10.5 Å². The Bertz CT molecular complexity index is 606. The highest BCUT2D eigenvalue weighted by molar-refractivity contribution is 6.32. The summed E-state index contributed by atoms with van der Waals surface area (Å²) in [4.78, 5) is 0. The summed E-state index contributed by atoms with van der Waals surface area (Å²) in [5.74, 6) is 0.834. The van der Waals surface area contributed by atoms with Crippen LogP contribution in [0.2, 0.25) is 5.02 Å². The fraction of sp³-hybridized carbons (Fsp3) is 0.167. The van der Waals surface area contributed by atoms with Crippen LogP contribution in [0.15, 0.2) is 24.3 Å². The Balaban J connectivity index is 2.47. The second-order valence-corrected chi connectivity index (χ2v) is 4.24. The van der Waals surface area contributed by atoms with Gasteiger partial charge in [-0.15, -0.1) is 0 Å². The van der Waals surface area contributed by atoms with E-state index in [0.717, 1.165) is 0 Å². The van der Waals surface area contributed by atoms with Gasteiger partial charge in [-0.2, -0.15) is 5.10 Å². The molecule has 0 saturated carbocycles. The topological polar surface area (TPSA) is 76.9 Å². The third-order valence-corrected chi connectivity index (χ3v) is 2.79. The molecule has 0 bridgehead atoms. The first kappa shape index (κ1) is 12.4. The quantitative estimate of drug-likeness (QED) is 0.660. The molecule has 0 aliphatic rings. The maximum atomic E-state index is 7.56. The van der Waals surface area contributed by atoms with Crippen molar-refractivity contribution in [2.45, 2.75) is 6.92 Å². The molecule has 94 valence electrons. The third-order valence-electron chi connectivity index (χ3n) is 2.48. The van der Waals surface area contributed by atoms with Crippen LogP contribution in [-0.4, -0.2) is 15.6 Å². The second kappa shape index (κ2) is 4.70. The summed E-state index contributed by atoms with van der Waals surface area (Å²) >= 11 is 6.03. The number of nitrogens with one attached hydrogen (secondary N) is 1. The summed E-state index contributed by atoms with van der Waals surface area (Å²) in [6.07, 6.45) is 0. The lowest BCUT2D eigenvalue weighted by atomic mass is 10.2. The molecule has 0 spiro atoms. The SMILES string of the molecule is Cc1nn(C)c(Oc2ccccc2Cl)c1C(=N)N. The Morgan fingerprint density at radius 3 is 2.72 bits per heavy atom. The lowest BCUT2D eigenvalue weighted by Gasteiger charge is -2.09. The zero-order valence-electron chi connectivity index (χ0n) is 10.1. The smallest absolute Gasteiger partial charge is 0.228 e. The Morgan fingerprint density at radius 1 is 1.44 bits per heavy atom. The van der Waals surface area contributed by atoms with Crippen LogP contribution in [0, 0.1) is 12.3 Å². The highest BCUT2D eigenvalue weighted by Gasteiger charge is 2.18. The van der Waals surface area contributed by atoms with Crippen LogP contribution in [0.3, 0.4) is 0 Å². The Labute approximate surface area is 110 Å². The zero-order valence-corrected chi connectivity index (χ0v) is 10.8. The number of amidine groups is 1. The molecule has 6 heteroatoms. The maximum Gasteiger partial charge on any atom is 0.228 e. The molecule has 0 amide bonds. The van der Waals surface area contributed by atoms with E-state index in [9.17, 15) is 0 Å². The molecule has 3 N–H and O–H groups in total.